The molecule has 1 aromatic rings. The Balaban J connectivity index is 2.10. The van der Waals surface area contributed by atoms with E-state index in [1.807, 2.05) is 23.0 Å². The van der Waals surface area contributed by atoms with Gasteiger partial charge in [0.1, 0.15) is 5.37 Å². The zero-order valence-electron chi connectivity index (χ0n) is 9.95. The predicted molar refractivity (Wildman–Crippen MR) is 80.1 cm³/mol. The van der Waals surface area contributed by atoms with Gasteiger partial charge in [-0.1, -0.05) is 23.8 Å². The highest BCUT2D eigenvalue weighted by Crippen LogP contribution is 2.36. The van der Waals surface area contributed by atoms with Gasteiger partial charge in [-0.05, 0) is 35.1 Å². The summed E-state index contributed by atoms with van der Waals surface area (Å²) in [5, 5.41) is 4.15. The highest BCUT2D eigenvalue weighted by molar-refractivity contribution is 8.23. The van der Waals surface area contributed by atoms with E-state index in [9.17, 15) is 4.79 Å². The summed E-state index contributed by atoms with van der Waals surface area (Å²) in [7, 11) is 1.05. The number of anilines is 1. The maximum atomic E-state index is 12.2. The highest BCUT2D eigenvalue weighted by atomic mass is 35.5. The summed E-state index contributed by atoms with van der Waals surface area (Å²) in [6.07, 6.45) is 3.86. The molecular formula is C13H15ClN2OS. The number of amides is 1. The van der Waals surface area contributed by atoms with Gasteiger partial charge in [0.2, 0.25) is 0 Å². The molecule has 0 aromatic heterocycles. The fraction of sp³-hybridized carbons (Fsp3) is 0.154. The smallest absolute Gasteiger partial charge is 0.252 e. The average molecular weight is 283 g/mol. The maximum Gasteiger partial charge on any atom is 0.252 e. The Morgan fingerprint density at radius 1 is 1.28 bits per heavy atom. The lowest BCUT2D eigenvalue weighted by molar-refractivity contribution is -0.117. The number of rotatable bonds is 3. The Morgan fingerprint density at radius 2 is 1.83 bits per heavy atom. The lowest BCUT2D eigenvalue weighted by Crippen LogP contribution is -2.41. The molecular weight excluding hydrogens is 268 g/mol. The summed E-state index contributed by atoms with van der Waals surface area (Å²) in [5.41, 5.74) is 6.79. The minimum Gasteiger partial charge on any atom is -0.313 e. The Morgan fingerprint density at radius 3 is 2.39 bits per heavy atom. The third-order valence-electron chi connectivity index (χ3n) is 2.75. The summed E-state index contributed by atoms with van der Waals surface area (Å²) >= 11 is 5.82. The molecule has 0 radical (unpaired) electrons. The number of carbonyl (C=O) groups excluding carboxylic acids is 1. The van der Waals surface area contributed by atoms with Gasteiger partial charge in [-0.25, -0.2) is 0 Å². The fourth-order valence-electron chi connectivity index (χ4n) is 1.65. The lowest BCUT2D eigenvalue weighted by Gasteiger charge is -2.25. The van der Waals surface area contributed by atoms with Crippen LogP contribution in [0.1, 0.15) is 0 Å². The minimum atomic E-state index is -0.675. The van der Waals surface area contributed by atoms with E-state index in [0.717, 1.165) is 5.69 Å². The van der Waals surface area contributed by atoms with Crippen molar-refractivity contribution in [2.45, 2.75) is 5.37 Å². The van der Waals surface area contributed by atoms with E-state index in [0.29, 0.717) is 5.02 Å². The molecule has 2 N–H and O–H groups in total. The molecule has 0 aliphatic carbocycles. The minimum absolute atomic E-state index is 0.0837. The van der Waals surface area contributed by atoms with E-state index in [4.69, 9.17) is 17.3 Å². The highest BCUT2D eigenvalue weighted by Gasteiger charge is 2.23. The van der Waals surface area contributed by atoms with E-state index >= 15 is 0 Å². The molecule has 2 rings (SSSR count). The molecule has 0 spiro atoms. The van der Waals surface area contributed by atoms with Gasteiger partial charge in [0.05, 0.1) is 0 Å². The zero-order chi connectivity index (χ0) is 13.1. The van der Waals surface area contributed by atoms with Crippen molar-refractivity contribution >= 4 is 34.1 Å². The Hall–Kier alpha value is -1.23. The van der Waals surface area contributed by atoms with Crippen molar-refractivity contribution in [2.24, 2.45) is 5.73 Å². The molecule has 1 aliphatic rings. The Bertz CT molecular complexity index is 486. The quantitative estimate of drug-likeness (QED) is 0.837. The van der Waals surface area contributed by atoms with Gasteiger partial charge in [0.25, 0.3) is 5.91 Å². The van der Waals surface area contributed by atoms with E-state index < -0.39 is 16.3 Å². The van der Waals surface area contributed by atoms with Gasteiger partial charge in [-0.3, -0.25) is 4.79 Å². The van der Waals surface area contributed by atoms with Crippen molar-refractivity contribution in [3.63, 3.8) is 0 Å². The molecule has 1 amide bonds. The number of thiol groups is 1. The van der Waals surface area contributed by atoms with Crippen LogP contribution in [0.15, 0.2) is 47.2 Å². The molecule has 0 bridgehead atoms. The normalized spacial score (nSPS) is 16.9. The third-order valence-corrected chi connectivity index (χ3v) is 4.89. The lowest BCUT2D eigenvalue weighted by atomic mass is 10.3. The van der Waals surface area contributed by atoms with Crippen molar-refractivity contribution < 1.29 is 4.79 Å². The number of nitrogens with zero attached hydrogens (tertiary/aromatic N) is 1. The molecule has 0 saturated carbocycles. The molecule has 96 valence electrons. The Kier molecular flexibility index (Phi) is 4.11. The standard InChI is InChI=1S/C13H15ClN2OS/c1-16(11-6-4-10(14)5-7-11)13(17)12(15)18-8-2-3-9-18/h2-9,12,18H,15H2,1H3. The number of nitrogens with two attached hydrogens (primary N) is 1. The van der Waals surface area contributed by atoms with E-state index in [-0.39, 0.29) is 5.91 Å². The molecule has 0 fully saturated rings. The second kappa shape index (κ2) is 5.61. The van der Waals surface area contributed by atoms with Crippen molar-refractivity contribution in [3.8, 4) is 0 Å². The van der Waals surface area contributed by atoms with Crippen LogP contribution in [0.4, 0.5) is 5.69 Å². The molecule has 0 saturated heterocycles. The Labute approximate surface area is 114 Å². The summed E-state index contributed by atoms with van der Waals surface area (Å²) in [6, 6.07) is 7.13. The van der Waals surface area contributed by atoms with Crippen molar-refractivity contribution in [3.05, 3.63) is 52.3 Å². The fourth-order valence-corrected chi connectivity index (χ4v) is 3.27. The van der Waals surface area contributed by atoms with Crippen LogP contribution in [0.5, 0.6) is 0 Å². The molecule has 1 atom stereocenters. The summed E-state index contributed by atoms with van der Waals surface area (Å²) in [4.78, 5) is 13.8. The number of benzene rings is 1. The van der Waals surface area contributed by atoms with Crippen LogP contribution < -0.4 is 10.6 Å². The second-order valence-electron chi connectivity index (χ2n) is 3.95. The van der Waals surface area contributed by atoms with Crippen LogP contribution in [-0.4, -0.2) is 18.3 Å². The third kappa shape index (κ3) is 2.77. The molecule has 3 nitrogen and oxygen atoms in total. The summed E-state index contributed by atoms with van der Waals surface area (Å²) < 4.78 is 0. The molecule has 1 aromatic carbocycles. The second-order valence-corrected chi connectivity index (χ2v) is 6.43. The van der Waals surface area contributed by atoms with Gasteiger partial charge in [-0.15, -0.1) is 0 Å². The first-order chi connectivity index (χ1) is 8.59. The van der Waals surface area contributed by atoms with Gasteiger partial charge in [-0.2, -0.15) is 10.9 Å². The van der Waals surface area contributed by atoms with Crippen molar-refractivity contribution in [1.82, 2.24) is 0 Å². The van der Waals surface area contributed by atoms with Gasteiger partial charge in [0.15, 0.2) is 0 Å². The van der Waals surface area contributed by atoms with E-state index in [1.165, 1.54) is 0 Å². The number of hydrogen-bond acceptors (Lipinski definition) is 2. The number of carbonyl (C=O) groups is 1. The van der Waals surface area contributed by atoms with E-state index in [1.54, 1.807) is 36.2 Å². The van der Waals surface area contributed by atoms with Crippen molar-refractivity contribution in [2.75, 3.05) is 11.9 Å². The molecule has 5 heteroatoms. The number of halogens is 1. The molecule has 1 aliphatic heterocycles. The first kappa shape index (κ1) is 13.2. The summed E-state index contributed by atoms with van der Waals surface area (Å²) in [5.74, 6) is -0.0837. The van der Waals surface area contributed by atoms with Gasteiger partial charge >= 0.3 is 0 Å². The largest absolute Gasteiger partial charge is 0.313 e. The molecule has 1 unspecified atom stereocenters. The number of allylic oxidation sites excluding steroid dienone is 2. The van der Waals surface area contributed by atoms with E-state index in [2.05, 4.69) is 0 Å². The summed E-state index contributed by atoms with van der Waals surface area (Å²) in [6.45, 7) is 0. The molecule has 18 heavy (non-hydrogen) atoms. The topological polar surface area (TPSA) is 46.3 Å². The van der Waals surface area contributed by atoms with Crippen molar-refractivity contribution in [1.29, 1.82) is 0 Å². The monoisotopic (exact) mass is 282 g/mol. The SMILES string of the molecule is CN(C(=O)C(N)[SH]1C=CC=C1)c1ccc(Cl)cc1. The predicted octanol–water partition coefficient (Wildman–Crippen LogP) is 2.63. The number of hydrogen-bond donors (Lipinski definition) is 2. The van der Waals surface area contributed by atoms with Gasteiger partial charge < -0.3 is 10.6 Å². The van der Waals surface area contributed by atoms with Crippen LogP contribution in [0.25, 0.3) is 0 Å². The number of likely N-dealkylation sites (N-methyl/N-ethyl adjacent to an activating group) is 1. The first-order valence-electron chi connectivity index (χ1n) is 5.51. The molecule has 1 heterocycles. The van der Waals surface area contributed by atoms with Crippen LogP contribution >= 0.6 is 22.5 Å². The van der Waals surface area contributed by atoms with Crippen LogP contribution in [-0.2, 0) is 4.79 Å². The van der Waals surface area contributed by atoms with Crippen LogP contribution in [0, 0.1) is 0 Å². The van der Waals surface area contributed by atoms with Crippen LogP contribution in [0.3, 0.4) is 0 Å². The zero-order valence-corrected chi connectivity index (χ0v) is 11.6. The first-order valence-corrected chi connectivity index (χ1v) is 7.43. The van der Waals surface area contributed by atoms with Crippen LogP contribution in [0.2, 0.25) is 5.02 Å². The average Bonchev–Trinajstić information content (AvgIpc) is 2.91. The maximum absolute atomic E-state index is 12.2. The van der Waals surface area contributed by atoms with Gasteiger partial charge in [0, 0.05) is 17.8 Å².